The molecule has 3 amide bonds. The summed E-state index contributed by atoms with van der Waals surface area (Å²) in [5, 5.41) is 11.5. The number of para-hydroxylation sites is 1. The summed E-state index contributed by atoms with van der Waals surface area (Å²) in [4.78, 5) is 41.8. The zero-order valence-electron chi connectivity index (χ0n) is 30.7. The molecule has 0 atom stereocenters. The number of anilines is 1. The number of hydrogen-bond acceptors (Lipinski definition) is 9. The number of amides is 3. The van der Waals surface area contributed by atoms with E-state index in [1.165, 1.54) is 26.7 Å². The van der Waals surface area contributed by atoms with Crippen LogP contribution in [0.4, 0.5) is 5.69 Å². The highest BCUT2D eigenvalue weighted by Crippen LogP contribution is 2.36. The molecule has 1 aromatic carbocycles. The SMILES string of the molecule is C#CC1=C(C(=O)N(C)CC(/C=C\N(C)C)=C\CC)NCC(c2cccc(NC(/C=C(\N)NC(=O)C3CC3)=C(/N)C(=O)NC)c2OC)=C1.CCC. The normalized spacial score (nSPS) is 15.0. The summed E-state index contributed by atoms with van der Waals surface area (Å²) in [6, 6.07) is 5.40. The van der Waals surface area contributed by atoms with E-state index in [1.807, 2.05) is 44.3 Å². The molecule has 0 unspecified atom stereocenters. The maximum Gasteiger partial charge on any atom is 0.271 e. The Bertz CT molecular complexity index is 1620. The van der Waals surface area contributed by atoms with Crippen LogP contribution < -0.4 is 37.5 Å². The molecule has 1 aliphatic heterocycles. The molecule has 8 N–H and O–H groups in total. The molecule has 0 spiro atoms. The third kappa shape index (κ3) is 11.8. The number of rotatable bonds is 14. The van der Waals surface area contributed by atoms with Gasteiger partial charge in [-0.15, -0.1) is 6.42 Å². The van der Waals surface area contributed by atoms with Crippen molar-refractivity contribution in [1.82, 2.24) is 25.8 Å². The second kappa shape index (κ2) is 20.1. The lowest BCUT2D eigenvalue weighted by Crippen LogP contribution is -2.37. The minimum atomic E-state index is -0.545. The number of likely N-dealkylation sites (N-methyl/N-ethyl adjacent to an activating group) is 2. The van der Waals surface area contributed by atoms with Crippen molar-refractivity contribution < 1.29 is 19.1 Å². The molecular formula is C38H54N8O4. The third-order valence-corrected chi connectivity index (χ3v) is 7.34. The molecule has 12 heteroatoms. The molecule has 2 aliphatic rings. The molecule has 3 rings (SSSR count). The quantitative estimate of drug-likeness (QED) is 0.0976. The van der Waals surface area contributed by atoms with Crippen molar-refractivity contribution in [2.45, 2.75) is 46.5 Å². The number of ether oxygens (including phenoxy) is 1. The summed E-state index contributed by atoms with van der Waals surface area (Å²) in [6.07, 6.45) is 18.8. The largest absolute Gasteiger partial charge is 0.494 e. The topological polar surface area (TPSA) is 167 Å². The second-order valence-corrected chi connectivity index (χ2v) is 12.1. The molecule has 0 aromatic heterocycles. The molecule has 1 aromatic rings. The van der Waals surface area contributed by atoms with E-state index in [9.17, 15) is 14.4 Å². The Kier molecular flexibility index (Phi) is 16.3. The Balaban J connectivity index is 0.00000278. The van der Waals surface area contributed by atoms with Crippen LogP contribution in [0.15, 0.2) is 82.8 Å². The second-order valence-electron chi connectivity index (χ2n) is 12.1. The number of nitrogens with zero attached hydrogens (tertiary/aromatic N) is 2. The van der Waals surface area contributed by atoms with Gasteiger partial charge in [0.05, 0.1) is 24.1 Å². The van der Waals surface area contributed by atoms with Crippen LogP contribution in [0, 0.1) is 18.3 Å². The Morgan fingerprint density at radius 1 is 1.14 bits per heavy atom. The van der Waals surface area contributed by atoms with E-state index in [1.54, 1.807) is 30.2 Å². The molecule has 270 valence electrons. The summed E-state index contributed by atoms with van der Waals surface area (Å²) >= 11 is 0. The molecule has 1 aliphatic carbocycles. The van der Waals surface area contributed by atoms with Gasteiger partial charge in [-0.25, -0.2) is 0 Å². The molecule has 1 fully saturated rings. The number of nitrogens with one attached hydrogen (secondary N) is 4. The van der Waals surface area contributed by atoms with Gasteiger partial charge in [0.15, 0.2) is 0 Å². The molecule has 1 heterocycles. The first-order valence-corrected chi connectivity index (χ1v) is 16.7. The van der Waals surface area contributed by atoms with Gasteiger partial charge < -0.3 is 47.3 Å². The first kappa shape index (κ1) is 40.6. The van der Waals surface area contributed by atoms with Gasteiger partial charge in [0.2, 0.25) is 5.91 Å². The summed E-state index contributed by atoms with van der Waals surface area (Å²) in [6.45, 7) is 7.01. The maximum absolute atomic E-state index is 13.5. The van der Waals surface area contributed by atoms with E-state index in [0.29, 0.717) is 41.4 Å². The van der Waals surface area contributed by atoms with E-state index in [0.717, 1.165) is 30.4 Å². The fourth-order valence-corrected chi connectivity index (χ4v) is 4.76. The average molecular weight is 687 g/mol. The van der Waals surface area contributed by atoms with Crippen molar-refractivity contribution in [3.8, 4) is 18.1 Å². The Labute approximate surface area is 297 Å². The van der Waals surface area contributed by atoms with Crippen molar-refractivity contribution in [1.29, 1.82) is 0 Å². The first-order valence-electron chi connectivity index (χ1n) is 16.7. The number of allylic oxidation sites excluding steroid dienone is 4. The van der Waals surface area contributed by atoms with Crippen LogP contribution in [0.2, 0.25) is 0 Å². The zero-order valence-corrected chi connectivity index (χ0v) is 30.7. The minimum absolute atomic E-state index is 0.0301. The van der Waals surface area contributed by atoms with E-state index < -0.39 is 5.91 Å². The maximum atomic E-state index is 13.5. The monoisotopic (exact) mass is 686 g/mol. The number of carbonyl (C=O) groups excluding carboxylic acids is 3. The highest BCUT2D eigenvalue weighted by atomic mass is 16.5. The lowest BCUT2D eigenvalue weighted by Gasteiger charge is -2.25. The molecule has 1 saturated carbocycles. The van der Waals surface area contributed by atoms with Crippen molar-refractivity contribution in [2.24, 2.45) is 17.4 Å². The number of hydrogen-bond donors (Lipinski definition) is 6. The van der Waals surface area contributed by atoms with Crippen LogP contribution >= 0.6 is 0 Å². The van der Waals surface area contributed by atoms with Crippen molar-refractivity contribution in [3.05, 3.63) is 88.3 Å². The van der Waals surface area contributed by atoms with E-state index >= 15 is 0 Å². The first-order chi connectivity index (χ1) is 23.8. The highest BCUT2D eigenvalue weighted by Gasteiger charge is 2.30. The predicted molar refractivity (Wildman–Crippen MR) is 202 cm³/mol. The molecule has 0 saturated heterocycles. The molecular weight excluding hydrogens is 632 g/mol. The highest BCUT2D eigenvalue weighted by molar-refractivity contribution is 5.98. The van der Waals surface area contributed by atoms with E-state index in [2.05, 4.69) is 47.1 Å². The standard InChI is InChI=1S/C35H46N8O4.C3H8/c1-8-11-22(16-17-42(4)5)21-43(6)35(46)31-23(9-2)18-25(20-39-31)26-12-10-13-27(32(26)47-7)40-28(30(37)34(45)38-3)19-29(36)41-33(44)24-14-15-24;1-3-2/h2,10-13,16-19,24,39-40H,8,14-15,20-21,36-37H2,1,3-7H3,(H,38,45)(H,41,44);3H2,1-2H3/b17-16-,22-11-,29-19+,30-28+;. The molecule has 12 nitrogen and oxygen atoms in total. The average Bonchev–Trinajstić information content (AvgIpc) is 3.95. The van der Waals surface area contributed by atoms with E-state index in [4.69, 9.17) is 22.6 Å². The fraction of sp³-hybridized carbons (Fsp3) is 0.395. The lowest BCUT2D eigenvalue weighted by molar-refractivity contribution is -0.126. The number of nitrogens with two attached hydrogens (primary N) is 2. The molecule has 0 radical (unpaired) electrons. The van der Waals surface area contributed by atoms with Crippen LogP contribution in [-0.2, 0) is 14.4 Å². The summed E-state index contributed by atoms with van der Waals surface area (Å²) < 4.78 is 5.82. The van der Waals surface area contributed by atoms with Gasteiger partial charge in [0, 0.05) is 58.8 Å². The number of benzene rings is 1. The molecule has 0 bridgehead atoms. The van der Waals surface area contributed by atoms with Crippen LogP contribution in [0.5, 0.6) is 5.75 Å². The van der Waals surface area contributed by atoms with Gasteiger partial charge >= 0.3 is 0 Å². The lowest BCUT2D eigenvalue weighted by atomic mass is 9.97. The van der Waals surface area contributed by atoms with Gasteiger partial charge in [-0.2, -0.15) is 0 Å². The van der Waals surface area contributed by atoms with Crippen LogP contribution in [-0.4, -0.2) is 75.9 Å². The number of terminal acetylenes is 1. The predicted octanol–water partition coefficient (Wildman–Crippen LogP) is 3.51. The molecule has 50 heavy (non-hydrogen) atoms. The Morgan fingerprint density at radius 3 is 2.38 bits per heavy atom. The van der Waals surface area contributed by atoms with Crippen LogP contribution in [0.3, 0.4) is 0 Å². The van der Waals surface area contributed by atoms with Gasteiger partial charge in [0.1, 0.15) is 23.0 Å². The van der Waals surface area contributed by atoms with E-state index in [-0.39, 0.29) is 34.9 Å². The minimum Gasteiger partial charge on any atom is -0.494 e. The van der Waals surface area contributed by atoms with Crippen molar-refractivity contribution in [2.75, 3.05) is 53.7 Å². The number of dihydropyridines is 1. The summed E-state index contributed by atoms with van der Waals surface area (Å²) in [5.41, 5.74) is 16.0. The fourth-order valence-electron chi connectivity index (χ4n) is 4.76. The smallest absolute Gasteiger partial charge is 0.271 e. The summed E-state index contributed by atoms with van der Waals surface area (Å²) in [5.74, 6) is 2.09. The third-order valence-electron chi connectivity index (χ3n) is 7.34. The van der Waals surface area contributed by atoms with Crippen molar-refractivity contribution in [3.63, 3.8) is 0 Å². The number of carbonyl (C=O) groups is 3. The van der Waals surface area contributed by atoms with Gasteiger partial charge in [-0.3, -0.25) is 14.4 Å². The Hall–Kier alpha value is -5.57. The Morgan fingerprint density at radius 2 is 1.82 bits per heavy atom. The summed E-state index contributed by atoms with van der Waals surface area (Å²) in [7, 11) is 8.59. The number of methoxy groups -OCH3 is 1. The zero-order chi connectivity index (χ0) is 37.4. The van der Waals surface area contributed by atoms with Crippen LogP contribution in [0.25, 0.3) is 5.57 Å². The van der Waals surface area contributed by atoms with Crippen LogP contribution in [0.1, 0.15) is 52.0 Å². The van der Waals surface area contributed by atoms with Gasteiger partial charge in [-0.05, 0) is 54.8 Å². The van der Waals surface area contributed by atoms with Gasteiger partial charge in [0.25, 0.3) is 11.8 Å². The van der Waals surface area contributed by atoms with Crippen molar-refractivity contribution >= 4 is 29.0 Å². The van der Waals surface area contributed by atoms with Gasteiger partial charge in [-0.1, -0.05) is 51.3 Å².